The summed E-state index contributed by atoms with van der Waals surface area (Å²) in [7, 11) is 0. The summed E-state index contributed by atoms with van der Waals surface area (Å²) >= 11 is 0. The predicted octanol–water partition coefficient (Wildman–Crippen LogP) is 4.42. The Hall–Kier alpha value is -2.43. The Kier molecular flexibility index (Phi) is 5.99. The molecule has 0 saturated heterocycles. The van der Waals surface area contributed by atoms with E-state index >= 15 is 0 Å². The fraction of sp³-hybridized carbons (Fsp3) is 0.400. The fourth-order valence-corrected chi connectivity index (χ4v) is 3.01. The van der Waals surface area contributed by atoms with Crippen molar-refractivity contribution in [1.29, 1.82) is 0 Å². The highest BCUT2D eigenvalue weighted by atomic mass is 19.1. The van der Waals surface area contributed by atoms with Crippen LogP contribution in [0, 0.1) is 5.82 Å². The number of carbonyl (C=O) groups excluding carboxylic acids is 1. The molecule has 0 atom stereocenters. The van der Waals surface area contributed by atoms with E-state index in [1.54, 1.807) is 18.2 Å². The maximum atomic E-state index is 13.7. The van der Waals surface area contributed by atoms with E-state index in [9.17, 15) is 9.18 Å². The zero-order valence-electron chi connectivity index (χ0n) is 14.3. The number of hydrogen-bond donors (Lipinski definition) is 1. The lowest BCUT2D eigenvalue weighted by Crippen LogP contribution is -2.25. The maximum absolute atomic E-state index is 13.7. The van der Waals surface area contributed by atoms with Gasteiger partial charge in [0.25, 0.3) is 0 Å². The van der Waals surface area contributed by atoms with Crippen LogP contribution in [0.15, 0.2) is 46.5 Å². The minimum absolute atomic E-state index is 0.0120. The number of rotatable bonds is 7. The van der Waals surface area contributed by atoms with E-state index in [-0.39, 0.29) is 11.7 Å². The van der Waals surface area contributed by atoms with Crippen LogP contribution in [0.5, 0.6) is 0 Å². The second-order valence-corrected chi connectivity index (χ2v) is 6.31. The summed E-state index contributed by atoms with van der Waals surface area (Å²) in [5.74, 6) is 0.475. The monoisotopic (exact) mass is 342 g/mol. The zero-order valence-corrected chi connectivity index (χ0v) is 14.3. The molecule has 2 aromatic rings. The number of benzene rings is 1. The van der Waals surface area contributed by atoms with Gasteiger partial charge in [0, 0.05) is 19.4 Å². The van der Waals surface area contributed by atoms with Gasteiger partial charge in [-0.2, -0.15) is 0 Å². The first-order chi connectivity index (χ1) is 12.2. The van der Waals surface area contributed by atoms with Crippen molar-refractivity contribution in [2.45, 2.75) is 44.9 Å². The molecule has 0 radical (unpaired) electrons. The third kappa shape index (κ3) is 5.02. The van der Waals surface area contributed by atoms with Gasteiger partial charge in [-0.05, 0) is 44.2 Å². The summed E-state index contributed by atoms with van der Waals surface area (Å²) in [6, 6.07) is 6.40. The topological polar surface area (TPSA) is 55.1 Å². The molecule has 1 amide bonds. The van der Waals surface area contributed by atoms with Gasteiger partial charge in [0.1, 0.15) is 5.82 Å². The normalized spacial score (nSPS) is 14.2. The van der Waals surface area contributed by atoms with Gasteiger partial charge in [-0.1, -0.05) is 23.8 Å². The smallest absolute Gasteiger partial charge is 0.220 e. The van der Waals surface area contributed by atoms with Crippen LogP contribution in [0.2, 0.25) is 0 Å². The summed E-state index contributed by atoms with van der Waals surface area (Å²) in [5.41, 5.74) is 1.83. The van der Waals surface area contributed by atoms with Gasteiger partial charge in [-0.15, -0.1) is 0 Å². The average molecular weight is 342 g/mol. The lowest BCUT2D eigenvalue weighted by atomic mass is 9.97. The molecule has 0 bridgehead atoms. The van der Waals surface area contributed by atoms with Gasteiger partial charge in [0.05, 0.1) is 11.8 Å². The summed E-state index contributed by atoms with van der Waals surface area (Å²) < 4.78 is 19.3. The molecule has 0 aliphatic heterocycles. The highest BCUT2D eigenvalue weighted by Gasteiger charge is 2.12. The van der Waals surface area contributed by atoms with Crippen LogP contribution in [0.3, 0.4) is 0 Å². The molecule has 0 spiro atoms. The van der Waals surface area contributed by atoms with Crippen LogP contribution in [-0.4, -0.2) is 17.4 Å². The van der Waals surface area contributed by atoms with Crippen molar-refractivity contribution in [3.8, 4) is 11.3 Å². The number of nitrogens with zero attached hydrogens (tertiary/aromatic N) is 1. The molecular weight excluding hydrogens is 319 g/mol. The van der Waals surface area contributed by atoms with Crippen LogP contribution < -0.4 is 5.32 Å². The van der Waals surface area contributed by atoms with Gasteiger partial charge >= 0.3 is 0 Å². The van der Waals surface area contributed by atoms with Crippen molar-refractivity contribution in [3.05, 3.63) is 53.8 Å². The molecule has 1 aliphatic rings. The van der Waals surface area contributed by atoms with Gasteiger partial charge in [-0.3, -0.25) is 4.79 Å². The number of carbonyl (C=O) groups is 1. The van der Waals surface area contributed by atoms with E-state index in [2.05, 4.69) is 16.4 Å². The highest BCUT2D eigenvalue weighted by molar-refractivity contribution is 5.76. The number of halogens is 1. The van der Waals surface area contributed by atoms with Gasteiger partial charge in [0.15, 0.2) is 11.7 Å². The number of oxazole rings is 1. The van der Waals surface area contributed by atoms with E-state index in [0.717, 1.165) is 19.3 Å². The molecule has 132 valence electrons. The number of nitrogens with one attached hydrogen (secondary N) is 1. The van der Waals surface area contributed by atoms with Crippen molar-refractivity contribution in [2.24, 2.45) is 0 Å². The molecule has 0 saturated carbocycles. The number of allylic oxidation sites excluding steroid dienone is 1. The Balaban J connectivity index is 1.43. The number of aromatic nitrogens is 1. The van der Waals surface area contributed by atoms with E-state index in [1.807, 2.05) is 0 Å². The van der Waals surface area contributed by atoms with Crippen LogP contribution in [-0.2, 0) is 11.2 Å². The minimum atomic E-state index is -0.347. The van der Waals surface area contributed by atoms with E-state index in [0.29, 0.717) is 36.6 Å². The lowest BCUT2D eigenvalue weighted by molar-refractivity contribution is -0.121. The summed E-state index contributed by atoms with van der Waals surface area (Å²) in [6.45, 7) is 0.677. The van der Waals surface area contributed by atoms with Crippen molar-refractivity contribution >= 4 is 5.91 Å². The molecule has 1 N–H and O–H groups in total. The summed E-state index contributed by atoms with van der Waals surface area (Å²) in [4.78, 5) is 16.1. The van der Waals surface area contributed by atoms with Crippen molar-refractivity contribution < 1.29 is 13.6 Å². The van der Waals surface area contributed by atoms with Crippen LogP contribution in [0.25, 0.3) is 11.3 Å². The number of amides is 1. The molecule has 4 nitrogen and oxygen atoms in total. The van der Waals surface area contributed by atoms with Crippen LogP contribution in [0.1, 0.15) is 44.4 Å². The summed E-state index contributed by atoms with van der Waals surface area (Å²) in [6.07, 6.45) is 10.3. The summed E-state index contributed by atoms with van der Waals surface area (Å²) in [5, 5.41) is 2.94. The van der Waals surface area contributed by atoms with E-state index < -0.39 is 0 Å². The quantitative estimate of drug-likeness (QED) is 0.758. The van der Waals surface area contributed by atoms with E-state index in [4.69, 9.17) is 4.42 Å². The SMILES string of the molecule is O=C(CCc1ncc(-c2ccccc2F)o1)NCCC1=CCCCC1. The van der Waals surface area contributed by atoms with Gasteiger partial charge < -0.3 is 9.73 Å². The first kappa shape index (κ1) is 17.4. The van der Waals surface area contributed by atoms with E-state index in [1.165, 1.54) is 30.7 Å². The molecule has 0 fully saturated rings. The fourth-order valence-electron chi connectivity index (χ4n) is 3.01. The largest absolute Gasteiger partial charge is 0.441 e. The van der Waals surface area contributed by atoms with Crippen molar-refractivity contribution in [1.82, 2.24) is 10.3 Å². The molecular formula is C20H23FN2O2. The Morgan fingerprint density at radius 1 is 1.24 bits per heavy atom. The molecule has 5 heteroatoms. The molecule has 1 aromatic carbocycles. The average Bonchev–Trinajstić information content (AvgIpc) is 3.10. The standard InChI is InChI=1S/C20H23FN2O2/c21-17-9-5-4-8-16(17)18-14-23-20(25-18)11-10-19(24)22-13-12-15-6-2-1-3-7-15/h4-6,8-9,14H,1-3,7,10-13H2,(H,22,24). The maximum Gasteiger partial charge on any atom is 0.220 e. The Morgan fingerprint density at radius 3 is 2.92 bits per heavy atom. The third-order valence-corrected chi connectivity index (χ3v) is 4.41. The van der Waals surface area contributed by atoms with Crippen LogP contribution in [0.4, 0.5) is 4.39 Å². The Labute approximate surface area is 147 Å². The van der Waals surface area contributed by atoms with Gasteiger partial charge in [-0.25, -0.2) is 9.37 Å². The second kappa shape index (κ2) is 8.60. The Bertz CT molecular complexity index is 752. The first-order valence-electron chi connectivity index (χ1n) is 8.86. The van der Waals surface area contributed by atoms with Crippen molar-refractivity contribution in [2.75, 3.05) is 6.54 Å². The first-order valence-corrected chi connectivity index (χ1v) is 8.86. The van der Waals surface area contributed by atoms with Gasteiger partial charge in [0.2, 0.25) is 5.91 Å². The third-order valence-electron chi connectivity index (χ3n) is 4.41. The molecule has 1 aliphatic carbocycles. The minimum Gasteiger partial charge on any atom is -0.441 e. The highest BCUT2D eigenvalue weighted by Crippen LogP contribution is 2.23. The van der Waals surface area contributed by atoms with Crippen molar-refractivity contribution in [3.63, 3.8) is 0 Å². The molecule has 1 heterocycles. The Morgan fingerprint density at radius 2 is 2.12 bits per heavy atom. The predicted molar refractivity (Wildman–Crippen MR) is 94.4 cm³/mol. The molecule has 1 aromatic heterocycles. The number of hydrogen-bond acceptors (Lipinski definition) is 3. The molecule has 0 unspecified atom stereocenters. The van der Waals surface area contributed by atoms with Crippen LogP contribution >= 0.6 is 0 Å². The molecule has 25 heavy (non-hydrogen) atoms. The zero-order chi connectivity index (χ0) is 17.5. The second-order valence-electron chi connectivity index (χ2n) is 6.31. The number of aryl methyl sites for hydroxylation is 1. The molecule has 3 rings (SSSR count). The lowest BCUT2D eigenvalue weighted by Gasteiger charge is -2.12.